The minimum absolute atomic E-state index is 0.192. The number of carbonyl (C=O) groups is 1. The smallest absolute Gasteiger partial charge is 0.255 e. The molecule has 0 atom stereocenters. The van der Waals surface area contributed by atoms with Crippen molar-refractivity contribution >= 4 is 37.4 Å². The van der Waals surface area contributed by atoms with Crippen molar-refractivity contribution in [1.29, 1.82) is 0 Å². The Hall–Kier alpha value is -1.66. The summed E-state index contributed by atoms with van der Waals surface area (Å²) in [6, 6.07) is 13.0. The molecule has 6 heteroatoms. The molecule has 104 valence electrons. The summed E-state index contributed by atoms with van der Waals surface area (Å²) in [5.74, 6) is -0.285. The Kier molecular flexibility index (Phi) is 4.25. The second-order valence-corrected chi connectivity index (χ2v) is 7.19. The van der Waals surface area contributed by atoms with Crippen molar-refractivity contribution in [1.82, 2.24) is 0 Å². The van der Waals surface area contributed by atoms with Crippen LogP contribution in [0.25, 0.3) is 0 Å². The lowest BCUT2D eigenvalue weighted by Crippen LogP contribution is -2.12. The topological polar surface area (TPSA) is 63.2 Å². The predicted octanol–water partition coefficient (Wildman–Crippen LogP) is 3.10. The summed E-state index contributed by atoms with van der Waals surface area (Å²) in [6.07, 6.45) is 1.13. The van der Waals surface area contributed by atoms with Crippen LogP contribution in [0.2, 0.25) is 0 Å². The van der Waals surface area contributed by atoms with E-state index in [1.807, 2.05) is 12.1 Å². The normalized spacial score (nSPS) is 11.1. The van der Waals surface area contributed by atoms with Crippen LogP contribution in [-0.2, 0) is 9.84 Å². The predicted molar refractivity (Wildman–Crippen MR) is 81.6 cm³/mol. The van der Waals surface area contributed by atoms with Gasteiger partial charge >= 0.3 is 0 Å². The van der Waals surface area contributed by atoms with Crippen molar-refractivity contribution in [3.8, 4) is 0 Å². The number of benzene rings is 2. The molecule has 0 aliphatic carbocycles. The van der Waals surface area contributed by atoms with Gasteiger partial charge in [-0.05, 0) is 48.5 Å². The molecule has 0 bridgehead atoms. The lowest BCUT2D eigenvalue weighted by molar-refractivity contribution is 0.102. The largest absolute Gasteiger partial charge is 0.322 e. The zero-order valence-electron chi connectivity index (χ0n) is 10.6. The Morgan fingerprint density at radius 2 is 1.55 bits per heavy atom. The van der Waals surface area contributed by atoms with Gasteiger partial charge in [-0.15, -0.1) is 0 Å². The highest BCUT2D eigenvalue weighted by Crippen LogP contribution is 2.16. The van der Waals surface area contributed by atoms with Crippen molar-refractivity contribution in [3.63, 3.8) is 0 Å². The highest BCUT2D eigenvalue weighted by atomic mass is 79.9. The average molecular weight is 354 g/mol. The van der Waals surface area contributed by atoms with Gasteiger partial charge in [-0.3, -0.25) is 4.79 Å². The van der Waals surface area contributed by atoms with Crippen molar-refractivity contribution in [2.75, 3.05) is 11.6 Å². The average Bonchev–Trinajstić information content (AvgIpc) is 2.40. The van der Waals surface area contributed by atoms with Crippen LogP contribution < -0.4 is 5.32 Å². The third-order valence-corrected chi connectivity index (χ3v) is 4.30. The van der Waals surface area contributed by atoms with Gasteiger partial charge < -0.3 is 5.32 Å². The van der Waals surface area contributed by atoms with Crippen LogP contribution in [0.5, 0.6) is 0 Å². The number of hydrogen-bond donors (Lipinski definition) is 1. The van der Waals surface area contributed by atoms with Crippen molar-refractivity contribution in [2.45, 2.75) is 4.90 Å². The zero-order chi connectivity index (χ0) is 14.8. The molecular weight excluding hydrogens is 342 g/mol. The summed E-state index contributed by atoms with van der Waals surface area (Å²) in [6.45, 7) is 0. The number of amides is 1. The molecule has 2 aromatic carbocycles. The zero-order valence-corrected chi connectivity index (χ0v) is 13.0. The first-order valence-electron chi connectivity index (χ1n) is 5.73. The highest BCUT2D eigenvalue weighted by molar-refractivity contribution is 9.10. The molecule has 4 nitrogen and oxygen atoms in total. The van der Waals surface area contributed by atoms with Crippen molar-refractivity contribution in [2.24, 2.45) is 0 Å². The van der Waals surface area contributed by atoms with E-state index in [1.165, 1.54) is 24.3 Å². The van der Waals surface area contributed by atoms with E-state index in [0.717, 1.165) is 10.7 Å². The van der Waals surface area contributed by atoms with Crippen LogP contribution in [0, 0.1) is 0 Å². The number of rotatable bonds is 3. The van der Waals surface area contributed by atoms with Gasteiger partial charge in [0.25, 0.3) is 5.91 Å². The first-order chi connectivity index (χ1) is 9.36. The molecule has 0 aliphatic heterocycles. The molecule has 0 spiro atoms. The lowest BCUT2D eigenvalue weighted by atomic mass is 10.2. The van der Waals surface area contributed by atoms with Gasteiger partial charge in [-0.1, -0.05) is 15.9 Å². The van der Waals surface area contributed by atoms with Crippen LogP contribution in [-0.4, -0.2) is 20.6 Å². The summed E-state index contributed by atoms with van der Waals surface area (Å²) in [7, 11) is -3.25. The van der Waals surface area contributed by atoms with E-state index in [1.54, 1.807) is 12.1 Å². The maximum atomic E-state index is 12.0. The van der Waals surface area contributed by atoms with E-state index in [0.29, 0.717) is 11.3 Å². The van der Waals surface area contributed by atoms with Crippen LogP contribution in [0.15, 0.2) is 57.9 Å². The summed E-state index contributed by atoms with van der Waals surface area (Å²) in [5, 5.41) is 2.73. The van der Waals surface area contributed by atoms with Gasteiger partial charge in [0.1, 0.15) is 0 Å². The summed E-state index contributed by atoms with van der Waals surface area (Å²) >= 11 is 3.31. The van der Waals surface area contributed by atoms with E-state index >= 15 is 0 Å². The Morgan fingerprint density at radius 1 is 1.00 bits per heavy atom. The Labute approximate surface area is 125 Å². The van der Waals surface area contributed by atoms with Gasteiger partial charge in [0.15, 0.2) is 9.84 Å². The summed E-state index contributed by atoms with van der Waals surface area (Å²) in [4.78, 5) is 12.2. The van der Waals surface area contributed by atoms with Gasteiger partial charge in [-0.25, -0.2) is 8.42 Å². The van der Waals surface area contributed by atoms with E-state index < -0.39 is 9.84 Å². The van der Waals surface area contributed by atoms with E-state index in [2.05, 4.69) is 21.2 Å². The second kappa shape index (κ2) is 5.76. The van der Waals surface area contributed by atoms with Crippen LogP contribution >= 0.6 is 15.9 Å². The molecule has 0 saturated heterocycles. The minimum Gasteiger partial charge on any atom is -0.322 e. The first kappa shape index (κ1) is 14.7. The molecule has 0 fully saturated rings. The van der Waals surface area contributed by atoms with Crippen molar-refractivity contribution in [3.05, 3.63) is 58.6 Å². The fourth-order valence-electron chi connectivity index (χ4n) is 1.59. The second-order valence-electron chi connectivity index (χ2n) is 4.26. The molecule has 0 radical (unpaired) electrons. The standard InChI is InChI=1S/C14H12BrNO3S/c1-20(18,19)13-8-2-10(3-9-13)14(17)16-12-6-4-11(15)5-7-12/h2-9H,1H3,(H,16,17). The van der Waals surface area contributed by atoms with E-state index in [-0.39, 0.29) is 10.8 Å². The quantitative estimate of drug-likeness (QED) is 0.921. The Bertz CT molecular complexity index is 722. The maximum absolute atomic E-state index is 12.0. The SMILES string of the molecule is CS(=O)(=O)c1ccc(C(=O)Nc2ccc(Br)cc2)cc1. The van der Waals surface area contributed by atoms with Gasteiger partial charge in [0.05, 0.1) is 4.90 Å². The monoisotopic (exact) mass is 353 g/mol. The molecule has 0 aliphatic rings. The van der Waals surface area contributed by atoms with E-state index in [4.69, 9.17) is 0 Å². The molecule has 1 N–H and O–H groups in total. The molecule has 2 rings (SSSR count). The molecular formula is C14H12BrNO3S. The Morgan fingerprint density at radius 3 is 2.05 bits per heavy atom. The first-order valence-corrected chi connectivity index (χ1v) is 8.42. The van der Waals surface area contributed by atoms with Crippen LogP contribution in [0.4, 0.5) is 5.69 Å². The molecule has 0 heterocycles. The number of anilines is 1. The van der Waals surface area contributed by atoms with Gasteiger partial charge in [0.2, 0.25) is 0 Å². The third kappa shape index (κ3) is 3.68. The van der Waals surface area contributed by atoms with Crippen LogP contribution in [0.1, 0.15) is 10.4 Å². The number of halogens is 1. The third-order valence-electron chi connectivity index (χ3n) is 2.65. The molecule has 1 amide bonds. The maximum Gasteiger partial charge on any atom is 0.255 e. The van der Waals surface area contributed by atoms with Crippen LogP contribution in [0.3, 0.4) is 0 Å². The van der Waals surface area contributed by atoms with Crippen molar-refractivity contribution < 1.29 is 13.2 Å². The number of hydrogen-bond acceptors (Lipinski definition) is 3. The summed E-state index contributed by atoms with van der Waals surface area (Å²) in [5.41, 5.74) is 1.07. The molecule has 0 aromatic heterocycles. The fraction of sp³-hybridized carbons (Fsp3) is 0.0714. The number of sulfone groups is 1. The van der Waals surface area contributed by atoms with Gasteiger partial charge in [0, 0.05) is 22.0 Å². The number of carbonyl (C=O) groups excluding carboxylic acids is 1. The minimum atomic E-state index is -3.25. The molecule has 0 unspecified atom stereocenters. The summed E-state index contributed by atoms with van der Waals surface area (Å²) < 4.78 is 23.6. The van der Waals surface area contributed by atoms with Gasteiger partial charge in [-0.2, -0.15) is 0 Å². The molecule has 20 heavy (non-hydrogen) atoms. The Balaban J connectivity index is 2.15. The molecule has 2 aromatic rings. The number of nitrogens with one attached hydrogen (secondary N) is 1. The van der Waals surface area contributed by atoms with E-state index in [9.17, 15) is 13.2 Å². The fourth-order valence-corrected chi connectivity index (χ4v) is 2.48. The highest BCUT2D eigenvalue weighted by Gasteiger charge is 2.10. The lowest BCUT2D eigenvalue weighted by Gasteiger charge is -2.06. The molecule has 0 saturated carbocycles.